The van der Waals surface area contributed by atoms with Crippen molar-refractivity contribution >= 4 is 11.6 Å². The molecular formula is C15H19N3O2. The second kappa shape index (κ2) is 5.25. The Morgan fingerprint density at radius 1 is 1.50 bits per heavy atom. The fourth-order valence-electron chi connectivity index (χ4n) is 2.61. The van der Waals surface area contributed by atoms with Crippen LogP contribution in [0.5, 0.6) is 0 Å². The van der Waals surface area contributed by atoms with E-state index >= 15 is 0 Å². The van der Waals surface area contributed by atoms with Crippen molar-refractivity contribution in [3.63, 3.8) is 0 Å². The van der Waals surface area contributed by atoms with Crippen molar-refractivity contribution in [3.05, 3.63) is 36.3 Å². The minimum atomic E-state index is -0.409. The number of amides is 1. The molecule has 0 bridgehead atoms. The summed E-state index contributed by atoms with van der Waals surface area (Å²) < 4.78 is 1.91. The van der Waals surface area contributed by atoms with Gasteiger partial charge in [0.25, 0.3) is 0 Å². The molecule has 20 heavy (non-hydrogen) atoms. The number of aliphatic hydroxyl groups excluding tert-OH is 1. The van der Waals surface area contributed by atoms with Gasteiger partial charge in [-0.05, 0) is 24.5 Å². The van der Waals surface area contributed by atoms with Crippen molar-refractivity contribution < 1.29 is 9.90 Å². The van der Waals surface area contributed by atoms with E-state index in [4.69, 9.17) is 0 Å². The molecule has 2 unspecified atom stereocenters. The van der Waals surface area contributed by atoms with Crippen molar-refractivity contribution in [1.29, 1.82) is 0 Å². The first-order valence-corrected chi connectivity index (χ1v) is 7.02. The maximum absolute atomic E-state index is 12.3. The van der Waals surface area contributed by atoms with Crippen molar-refractivity contribution in [2.24, 2.45) is 5.92 Å². The number of fused-ring (bicyclic) bond motifs is 1. The van der Waals surface area contributed by atoms with E-state index in [1.54, 1.807) is 4.90 Å². The number of nitrogens with zero attached hydrogens (tertiary/aromatic N) is 3. The van der Waals surface area contributed by atoms with Crippen LogP contribution in [0.25, 0.3) is 5.65 Å². The van der Waals surface area contributed by atoms with Crippen LogP contribution in [-0.4, -0.2) is 44.5 Å². The molecule has 1 aliphatic rings. The highest BCUT2D eigenvalue weighted by atomic mass is 16.3. The average Bonchev–Trinajstić information content (AvgIpc) is 2.83. The molecule has 2 atom stereocenters. The number of carbonyl (C=O) groups excluding carboxylic acids is 1. The third-order valence-corrected chi connectivity index (χ3v) is 4.02. The van der Waals surface area contributed by atoms with Crippen molar-refractivity contribution in [1.82, 2.24) is 14.3 Å². The van der Waals surface area contributed by atoms with Crippen molar-refractivity contribution in [2.45, 2.75) is 25.9 Å². The number of carbonyl (C=O) groups is 1. The van der Waals surface area contributed by atoms with Gasteiger partial charge in [-0.1, -0.05) is 13.0 Å². The number of hydrogen-bond donors (Lipinski definition) is 1. The summed E-state index contributed by atoms with van der Waals surface area (Å²) in [6, 6.07) is 5.78. The lowest BCUT2D eigenvalue weighted by Crippen LogP contribution is -2.46. The molecule has 1 N–H and O–H groups in total. The maximum Gasteiger partial charge on any atom is 0.228 e. The van der Waals surface area contributed by atoms with E-state index in [-0.39, 0.29) is 11.8 Å². The number of likely N-dealkylation sites (tertiary alicyclic amines) is 1. The van der Waals surface area contributed by atoms with Gasteiger partial charge in [-0.3, -0.25) is 4.79 Å². The zero-order chi connectivity index (χ0) is 14.1. The van der Waals surface area contributed by atoms with Crippen LogP contribution >= 0.6 is 0 Å². The van der Waals surface area contributed by atoms with E-state index in [2.05, 4.69) is 4.98 Å². The first kappa shape index (κ1) is 13.1. The summed E-state index contributed by atoms with van der Waals surface area (Å²) in [5.74, 6) is 0.314. The van der Waals surface area contributed by atoms with Gasteiger partial charge in [0.2, 0.25) is 5.91 Å². The Bertz CT molecular complexity index is 589. The number of aromatic nitrogens is 2. The lowest BCUT2D eigenvalue weighted by atomic mass is 9.96. The molecule has 2 aromatic rings. The average molecular weight is 273 g/mol. The topological polar surface area (TPSA) is 57.8 Å². The van der Waals surface area contributed by atoms with Crippen LogP contribution in [0, 0.1) is 5.92 Å². The first-order chi connectivity index (χ1) is 9.63. The molecule has 0 saturated carbocycles. The molecule has 0 radical (unpaired) electrons. The number of rotatable bonds is 2. The number of imidazole rings is 1. The first-order valence-electron chi connectivity index (χ1n) is 7.02. The summed E-state index contributed by atoms with van der Waals surface area (Å²) in [6.45, 7) is 3.19. The maximum atomic E-state index is 12.3. The van der Waals surface area contributed by atoms with E-state index in [0.29, 0.717) is 13.0 Å². The summed E-state index contributed by atoms with van der Waals surface area (Å²) in [6.07, 6.45) is 4.55. The monoisotopic (exact) mass is 273 g/mol. The number of piperidine rings is 1. The van der Waals surface area contributed by atoms with Gasteiger partial charge in [0, 0.05) is 25.5 Å². The third-order valence-electron chi connectivity index (χ3n) is 4.02. The summed E-state index contributed by atoms with van der Waals surface area (Å²) in [4.78, 5) is 18.4. The third kappa shape index (κ3) is 2.54. The highest BCUT2D eigenvalue weighted by Gasteiger charge is 2.27. The number of hydrogen-bond acceptors (Lipinski definition) is 3. The van der Waals surface area contributed by atoms with Gasteiger partial charge < -0.3 is 14.4 Å². The summed E-state index contributed by atoms with van der Waals surface area (Å²) in [7, 11) is 0. The SMILES string of the molecule is CC1CCN(C(=O)Cc2cn3ccccc3n2)CC1O. The molecular weight excluding hydrogens is 254 g/mol. The highest BCUT2D eigenvalue weighted by Crippen LogP contribution is 2.18. The van der Waals surface area contributed by atoms with Crippen LogP contribution in [0.2, 0.25) is 0 Å². The molecule has 1 amide bonds. The van der Waals surface area contributed by atoms with Crippen LogP contribution in [0.4, 0.5) is 0 Å². The highest BCUT2D eigenvalue weighted by molar-refractivity contribution is 5.78. The zero-order valence-corrected chi connectivity index (χ0v) is 11.6. The number of pyridine rings is 1. The molecule has 5 nitrogen and oxygen atoms in total. The van der Waals surface area contributed by atoms with Gasteiger partial charge in [-0.25, -0.2) is 4.98 Å². The van der Waals surface area contributed by atoms with Crippen LogP contribution < -0.4 is 0 Å². The van der Waals surface area contributed by atoms with E-state index in [9.17, 15) is 9.90 Å². The van der Waals surface area contributed by atoms with E-state index in [1.807, 2.05) is 41.9 Å². The molecule has 2 aromatic heterocycles. The van der Waals surface area contributed by atoms with E-state index in [1.165, 1.54) is 0 Å². The Hall–Kier alpha value is -1.88. The Morgan fingerprint density at radius 3 is 3.10 bits per heavy atom. The Morgan fingerprint density at radius 2 is 2.35 bits per heavy atom. The van der Waals surface area contributed by atoms with Crippen LogP contribution in [-0.2, 0) is 11.2 Å². The Balaban J connectivity index is 1.69. The van der Waals surface area contributed by atoms with Crippen molar-refractivity contribution in [2.75, 3.05) is 13.1 Å². The van der Waals surface area contributed by atoms with Crippen LogP contribution in [0.15, 0.2) is 30.6 Å². The van der Waals surface area contributed by atoms with E-state index < -0.39 is 6.10 Å². The fourth-order valence-corrected chi connectivity index (χ4v) is 2.61. The smallest absolute Gasteiger partial charge is 0.228 e. The van der Waals surface area contributed by atoms with Gasteiger partial charge in [-0.15, -0.1) is 0 Å². The standard InChI is InChI=1S/C15H19N3O2/c1-11-5-7-18(10-13(11)19)15(20)8-12-9-17-6-3-2-4-14(17)16-12/h2-4,6,9,11,13,19H,5,7-8,10H2,1H3. The van der Waals surface area contributed by atoms with Gasteiger partial charge in [-0.2, -0.15) is 0 Å². The molecule has 106 valence electrons. The van der Waals surface area contributed by atoms with Gasteiger partial charge in [0.1, 0.15) is 5.65 Å². The molecule has 0 aromatic carbocycles. The van der Waals surface area contributed by atoms with Gasteiger partial charge >= 0.3 is 0 Å². The molecule has 0 spiro atoms. The second-order valence-electron chi connectivity index (χ2n) is 5.55. The van der Waals surface area contributed by atoms with E-state index in [0.717, 1.165) is 24.3 Å². The quantitative estimate of drug-likeness (QED) is 0.891. The minimum Gasteiger partial charge on any atom is -0.391 e. The Labute approximate surface area is 117 Å². The van der Waals surface area contributed by atoms with Gasteiger partial charge in [0.15, 0.2) is 0 Å². The number of β-amino-alcohol motifs (C(OH)–C–C–N with tert-alkyl or cyclic N) is 1. The van der Waals surface area contributed by atoms with Crippen molar-refractivity contribution in [3.8, 4) is 0 Å². The van der Waals surface area contributed by atoms with Crippen LogP contribution in [0.3, 0.4) is 0 Å². The number of aliphatic hydroxyl groups is 1. The summed E-state index contributed by atoms with van der Waals surface area (Å²) in [5, 5.41) is 9.86. The predicted octanol–water partition coefficient (Wildman–Crippen LogP) is 1.11. The molecule has 1 aliphatic heterocycles. The predicted molar refractivity (Wildman–Crippen MR) is 75.3 cm³/mol. The zero-order valence-electron chi connectivity index (χ0n) is 11.6. The largest absolute Gasteiger partial charge is 0.391 e. The lowest BCUT2D eigenvalue weighted by Gasteiger charge is -2.34. The summed E-state index contributed by atoms with van der Waals surface area (Å²) in [5.41, 5.74) is 1.62. The normalized spacial score (nSPS) is 23.2. The molecule has 0 aliphatic carbocycles. The molecule has 3 heterocycles. The Kier molecular flexibility index (Phi) is 3.44. The molecule has 1 saturated heterocycles. The molecule has 5 heteroatoms. The lowest BCUT2D eigenvalue weighted by molar-refractivity contribution is -0.134. The molecule has 3 rings (SSSR count). The van der Waals surface area contributed by atoms with Crippen LogP contribution in [0.1, 0.15) is 19.0 Å². The fraction of sp³-hybridized carbons (Fsp3) is 0.467. The second-order valence-corrected chi connectivity index (χ2v) is 5.55. The van der Waals surface area contributed by atoms with Gasteiger partial charge in [0.05, 0.1) is 18.2 Å². The molecule has 1 fully saturated rings. The summed E-state index contributed by atoms with van der Waals surface area (Å²) >= 11 is 0. The minimum absolute atomic E-state index is 0.0411.